The van der Waals surface area contributed by atoms with Gasteiger partial charge in [0, 0.05) is 18.7 Å². The summed E-state index contributed by atoms with van der Waals surface area (Å²) in [7, 11) is -4.10. The van der Waals surface area contributed by atoms with Gasteiger partial charge >= 0.3 is 12.5 Å². The van der Waals surface area contributed by atoms with E-state index in [1.165, 1.54) is 0 Å². The van der Waals surface area contributed by atoms with Gasteiger partial charge in [0.15, 0.2) is 0 Å². The van der Waals surface area contributed by atoms with Gasteiger partial charge in [-0.05, 0) is 48.5 Å². The second-order valence-corrected chi connectivity index (χ2v) is 7.56. The number of sulfonamides is 1. The number of carbonyl (C=O) groups excluding carboxylic acids is 1. The topological polar surface area (TPSA) is 84.5 Å². The van der Waals surface area contributed by atoms with E-state index in [1.54, 1.807) is 0 Å². The number of halogens is 6. The molecule has 2 aromatic rings. The summed E-state index contributed by atoms with van der Waals surface area (Å²) in [5.74, 6) is -1.26. The van der Waals surface area contributed by atoms with Crippen molar-refractivity contribution >= 4 is 21.6 Å². The molecule has 0 saturated heterocycles. The number of rotatable bonds is 7. The molecule has 2 aromatic carbocycles. The molecule has 2 rings (SSSR count). The first-order chi connectivity index (χ1) is 13.8. The fraction of sp³-hybridized carbons (Fsp3) is 0.235. The first kappa shape index (κ1) is 23.5. The first-order valence-corrected chi connectivity index (χ1v) is 9.57. The van der Waals surface area contributed by atoms with Crippen LogP contribution in [0.2, 0.25) is 0 Å². The van der Waals surface area contributed by atoms with Crippen molar-refractivity contribution in [2.45, 2.75) is 23.9 Å². The van der Waals surface area contributed by atoms with Crippen molar-refractivity contribution in [1.29, 1.82) is 0 Å². The highest BCUT2D eigenvalue weighted by Crippen LogP contribution is 2.29. The molecule has 0 bridgehead atoms. The van der Waals surface area contributed by atoms with E-state index in [1.807, 2.05) is 0 Å². The van der Waals surface area contributed by atoms with Crippen molar-refractivity contribution in [2.75, 3.05) is 11.9 Å². The SMILES string of the molecule is O=C(CCNS(=O)(=O)c1ccc(OC(F)(F)F)cc1)Nc1ccc(C(F)(F)F)cc1. The Morgan fingerprint density at radius 1 is 0.900 bits per heavy atom. The molecule has 13 heteroatoms. The molecule has 1 amide bonds. The average molecular weight is 456 g/mol. The molecule has 2 N–H and O–H groups in total. The highest BCUT2D eigenvalue weighted by molar-refractivity contribution is 7.89. The molecule has 0 aliphatic heterocycles. The minimum Gasteiger partial charge on any atom is -0.406 e. The Hall–Kier alpha value is -2.80. The van der Waals surface area contributed by atoms with Crippen molar-refractivity contribution in [3.05, 3.63) is 54.1 Å². The molecule has 0 atom stereocenters. The first-order valence-electron chi connectivity index (χ1n) is 8.09. The Labute approximate surface area is 166 Å². The van der Waals surface area contributed by atoms with Crippen LogP contribution >= 0.6 is 0 Å². The Bertz CT molecular complexity index is 971. The zero-order valence-electron chi connectivity index (χ0n) is 14.8. The van der Waals surface area contributed by atoms with Crippen molar-refractivity contribution in [3.8, 4) is 5.75 Å². The van der Waals surface area contributed by atoms with E-state index >= 15 is 0 Å². The smallest absolute Gasteiger partial charge is 0.406 e. The molecule has 0 radical (unpaired) electrons. The standard InChI is InChI=1S/C17H14F6N2O4S/c18-16(19,20)11-1-3-12(4-2-11)25-15(26)9-10-24-30(27,28)14-7-5-13(6-8-14)29-17(21,22)23/h1-8,24H,9-10H2,(H,25,26). The molecule has 164 valence electrons. The van der Waals surface area contributed by atoms with Gasteiger partial charge in [-0.3, -0.25) is 4.79 Å². The van der Waals surface area contributed by atoms with Gasteiger partial charge in [0.05, 0.1) is 10.5 Å². The van der Waals surface area contributed by atoms with Crippen LogP contribution in [0.25, 0.3) is 0 Å². The lowest BCUT2D eigenvalue weighted by atomic mass is 10.2. The highest BCUT2D eigenvalue weighted by Gasteiger charge is 2.31. The van der Waals surface area contributed by atoms with E-state index in [4.69, 9.17) is 0 Å². The van der Waals surface area contributed by atoms with Crippen molar-refractivity contribution in [1.82, 2.24) is 4.72 Å². The largest absolute Gasteiger partial charge is 0.573 e. The minimum atomic E-state index is -4.92. The summed E-state index contributed by atoms with van der Waals surface area (Å²) in [6, 6.07) is 7.09. The molecule has 0 aliphatic rings. The molecule has 0 spiro atoms. The summed E-state index contributed by atoms with van der Waals surface area (Å²) in [5.41, 5.74) is -0.795. The molecule has 6 nitrogen and oxygen atoms in total. The number of benzene rings is 2. The Morgan fingerprint density at radius 3 is 1.97 bits per heavy atom. The summed E-state index contributed by atoms with van der Waals surface area (Å²) >= 11 is 0. The van der Waals surface area contributed by atoms with Gasteiger partial charge in [0.2, 0.25) is 15.9 Å². The van der Waals surface area contributed by atoms with Crippen LogP contribution in [0.15, 0.2) is 53.4 Å². The number of nitrogens with one attached hydrogen (secondary N) is 2. The third kappa shape index (κ3) is 7.22. The lowest BCUT2D eigenvalue weighted by Crippen LogP contribution is -2.27. The molecule has 0 aliphatic carbocycles. The number of carbonyl (C=O) groups is 1. The number of hydrogen-bond acceptors (Lipinski definition) is 4. The zero-order chi connectivity index (χ0) is 22.6. The zero-order valence-corrected chi connectivity index (χ0v) is 15.7. The van der Waals surface area contributed by atoms with E-state index in [9.17, 15) is 39.6 Å². The van der Waals surface area contributed by atoms with Crippen LogP contribution in [0.3, 0.4) is 0 Å². The predicted molar refractivity (Wildman–Crippen MR) is 93.0 cm³/mol. The highest BCUT2D eigenvalue weighted by atomic mass is 32.2. The molecule has 0 heterocycles. The molecule has 0 fully saturated rings. The Kier molecular flexibility index (Phi) is 6.98. The molecule has 0 unspecified atom stereocenters. The predicted octanol–water partition coefficient (Wildman–Crippen LogP) is 3.91. The fourth-order valence-electron chi connectivity index (χ4n) is 2.17. The van der Waals surface area contributed by atoms with Crippen molar-refractivity contribution in [3.63, 3.8) is 0 Å². The third-order valence-corrected chi connectivity index (χ3v) is 4.98. The second-order valence-electron chi connectivity index (χ2n) is 5.79. The summed E-state index contributed by atoms with van der Waals surface area (Å²) in [6.45, 7) is -0.352. The van der Waals surface area contributed by atoms with Crippen molar-refractivity contribution in [2.24, 2.45) is 0 Å². The third-order valence-electron chi connectivity index (χ3n) is 3.51. The number of alkyl halides is 6. The summed E-state index contributed by atoms with van der Waals surface area (Å²) in [5, 5.41) is 2.31. The van der Waals surface area contributed by atoms with Crippen molar-refractivity contribution < 1.29 is 44.3 Å². The van der Waals surface area contributed by atoms with Gasteiger partial charge in [-0.2, -0.15) is 13.2 Å². The molecule has 30 heavy (non-hydrogen) atoms. The van der Waals surface area contributed by atoms with Crippen LogP contribution in [0.5, 0.6) is 5.75 Å². The minimum absolute atomic E-state index is 0.0936. The quantitative estimate of drug-likeness (QED) is 0.619. The van der Waals surface area contributed by atoms with Gasteiger partial charge < -0.3 is 10.1 Å². The van der Waals surface area contributed by atoms with E-state index in [0.717, 1.165) is 48.5 Å². The van der Waals surface area contributed by atoms with Gasteiger partial charge in [-0.15, -0.1) is 13.2 Å². The number of anilines is 1. The van der Waals surface area contributed by atoms with E-state index in [0.29, 0.717) is 0 Å². The van der Waals surface area contributed by atoms with Crippen LogP contribution in [-0.2, 0) is 21.0 Å². The molecular formula is C17H14F6N2O4S. The van der Waals surface area contributed by atoms with Crippen LogP contribution < -0.4 is 14.8 Å². The van der Waals surface area contributed by atoms with E-state index in [-0.39, 0.29) is 23.5 Å². The molecular weight excluding hydrogens is 442 g/mol. The summed E-state index contributed by atoms with van der Waals surface area (Å²) in [4.78, 5) is 11.5. The van der Waals surface area contributed by atoms with Crippen LogP contribution in [0.4, 0.5) is 32.0 Å². The maximum atomic E-state index is 12.5. The lowest BCUT2D eigenvalue weighted by Gasteiger charge is -2.11. The second kappa shape index (κ2) is 8.92. The van der Waals surface area contributed by atoms with Gasteiger partial charge in [-0.25, -0.2) is 13.1 Å². The monoisotopic (exact) mass is 456 g/mol. The van der Waals surface area contributed by atoms with Crippen LogP contribution in [-0.4, -0.2) is 27.2 Å². The fourth-order valence-corrected chi connectivity index (χ4v) is 3.20. The number of amides is 1. The molecule has 0 aromatic heterocycles. The lowest BCUT2D eigenvalue weighted by molar-refractivity contribution is -0.274. The number of hydrogen-bond donors (Lipinski definition) is 2. The van der Waals surface area contributed by atoms with E-state index < -0.39 is 39.8 Å². The maximum Gasteiger partial charge on any atom is 0.573 e. The van der Waals surface area contributed by atoms with Gasteiger partial charge in [-0.1, -0.05) is 0 Å². The van der Waals surface area contributed by atoms with E-state index in [2.05, 4.69) is 14.8 Å². The summed E-state index contributed by atoms with van der Waals surface area (Å²) in [6.07, 6.45) is -9.77. The van der Waals surface area contributed by atoms with Crippen LogP contribution in [0, 0.1) is 0 Å². The van der Waals surface area contributed by atoms with Gasteiger partial charge in [0.25, 0.3) is 0 Å². The molecule has 0 saturated carbocycles. The Morgan fingerprint density at radius 2 is 1.47 bits per heavy atom. The average Bonchev–Trinajstić information content (AvgIpc) is 2.60. The van der Waals surface area contributed by atoms with Crippen LogP contribution in [0.1, 0.15) is 12.0 Å². The summed E-state index contributed by atoms with van der Waals surface area (Å²) < 4.78 is 104. The Balaban J connectivity index is 1.87. The normalized spacial score (nSPS) is 12.5. The maximum absolute atomic E-state index is 12.5. The number of ether oxygens (including phenoxy) is 1. The van der Waals surface area contributed by atoms with Gasteiger partial charge in [0.1, 0.15) is 5.75 Å².